The van der Waals surface area contributed by atoms with Gasteiger partial charge in [-0.25, -0.2) is 0 Å². The summed E-state index contributed by atoms with van der Waals surface area (Å²) in [5, 5.41) is 7.54. The average Bonchev–Trinajstić information content (AvgIpc) is 2.91. The van der Waals surface area contributed by atoms with E-state index < -0.39 is 0 Å². The normalized spacial score (nSPS) is 19.2. The Kier molecular flexibility index (Phi) is 4.72. The van der Waals surface area contributed by atoms with Gasteiger partial charge in [0.25, 0.3) is 5.89 Å². The first-order valence-corrected chi connectivity index (χ1v) is 8.58. The van der Waals surface area contributed by atoms with Crippen LogP contribution < -0.4 is 5.32 Å². The summed E-state index contributed by atoms with van der Waals surface area (Å²) in [6.07, 6.45) is 3.37. The van der Waals surface area contributed by atoms with Gasteiger partial charge < -0.3 is 9.84 Å². The number of benzene rings is 1. The van der Waals surface area contributed by atoms with Crippen LogP contribution in [0.3, 0.4) is 0 Å². The molecule has 4 nitrogen and oxygen atoms in total. The lowest BCUT2D eigenvalue weighted by Crippen LogP contribution is -2.31. The van der Waals surface area contributed by atoms with Gasteiger partial charge in [0.15, 0.2) is 5.82 Å². The Morgan fingerprint density at radius 2 is 2.35 bits per heavy atom. The molecule has 1 unspecified atom stereocenters. The third-order valence-electron chi connectivity index (χ3n) is 3.50. The lowest BCUT2D eigenvalue weighted by atomic mass is 9.96. The Labute approximate surface area is 140 Å². The zero-order valence-electron chi connectivity index (χ0n) is 10.9. The van der Waals surface area contributed by atoms with Crippen LogP contribution >= 0.6 is 38.5 Å². The Hall–Kier alpha value is -0.470. The van der Waals surface area contributed by atoms with E-state index in [2.05, 4.69) is 54.0 Å². The molecule has 0 spiro atoms. The third-order valence-corrected chi connectivity index (χ3v) is 4.93. The van der Waals surface area contributed by atoms with Gasteiger partial charge in [-0.2, -0.15) is 4.98 Å². The largest absolute Gasteiger partial charge is 0.334 e. The standard InChI is InChI=1S/C14H15BrIN3O/c15-10-3-4-12(16)11(7-10)14-18-13(19-20-14)6-9-2-1-5-17-8-9/h3-4,7,9,17H,1-2,5-6,8H2. The predicted octanol–water partition coefficient (Wildman–Crippen LogP) is 3.65. The zero-order chi connectivity index (χ0) is 13.9. The molecule has 0 saturated carbocycles. The van der Waals surface area contributed by atoms with Crippen molar-refractivity contribution in [2.24, 2.45) is 5.92 Å². The Morgan fingerprint density at radius 1 is 1.45 bits per heavy atom. The number of hydrogen-bond donors (Lipinski definition) is 1. The van der Waals surface area contributed by atoms with Gasteiger partial charge >= 0.3 is 0 Å². The van der Waals surface area contributed by atoms with Crippen molar-refractivity contribution < 1.29 is 4.52 Å². The molecule has 20 heavy (non-hydrogen) atoms. The van der Waals surface area contributed by atoms with E-state index in [0.717, 1.165) is 38.9 Å². The van der Waals surface area contributed by atoms with Crippen LogP contribution in [0.4, 0.5) is 0 Å². The lowest BCUT2D eigenvalue weighted by Gasteiger charge is -2.20. The Bertz CT molecular complexity index is 596. The van der Waals surface area contributed by atoms with E-state index in [-0.39, 0.29) is 0 Å². The minimum atomic E-state index is 0.606. The van der Waals surface area contributed by atoms with Gasteiger partial charge in [-0.3, -0.25) is 0 Å². The molecule has 1 fully saturated rings. The fraction of sp³-hybridized carbons (Fsp3) is 0.429. The molecule has 1 aromatic heterocycles. The third kappa shape index (κ3) is 3.40. The van der Waals surface area contributed by atoms with Crippen molar-refractivity contribution >= 4 is 38.5 Å². The van der Waals surface area contributed by atoms with Crippen LogP contribution in [0.1, 0.15) is 18.7 Å². The molecular weight excluding hydrogens is 433 g/mol. The molecule has 6 heteroatoms. The fourth-order valence-electron chi connectivity index (χ4n) is 2.46. The molecule has 2 heterocycles. The van der Waals surface area contributed by atoms with Gasteiger partial charge in [-0.1, -0.05) is 21.1 Å². The molecule has 1 atom stereocenters. The summed E-state index contributed by atoms with van der Waals surface area (Å²) >= 11 is 5.77. The van der Waals surface area contributed by atoms with Crippen LogP contribution in [0.2, 0.25) is 0 Å². The van der Waals surface area contributed by atoms with Crippen LogP contribution in [0, 0.1) is 9.49 Å². The minimum absolute atomic E-state index is 0.606. The van der Waals surface area contributed by atoms with Crippen molar-refractivity contribution in [3.63, 3.8) is 0 Å². The van der Waals surface area contributed by atoms with Gasteiger partial charge in [-0.15, -0.1) is 0 Å². The number of halogens is 2. The molecule has 0 bridgehead atoms. The van der Waals surface area contributed by atoms with Crippen molar-refractivity contribution in [1.82, 2.24) is 15.5 Å². The first-order chi connectivity index (χ1) is 9.72. The first-order valence-electron chi connectivity index (χ1n) is 6.71. The van der Waals surface area contributed by atoms with E-state index >= 15 is 0 Å². The monoisotopic (exact) mass is 447 g/mol. The molecule has 0 radical (unpaired) electrons. The number of piperidine rings is 1. The second-order valence-corrected chi connectivity index (χ2v) is 7.13. The highest BCUT2D eigenvalue weighted by molar-refractivity contribution is 14.1. The molecule has 1 aromatic carbocycles. The summed E-state index contributed by atoms with van der Waals surface area (Å²) in [6, 6.07) is 6.06. The van der Waals surface area contributed by atoms with Gasteiger partial charge in [0.05, 0.1) is 5.56 Å². The highest BCUT2D eigenvalue weighted by Crippen LogP contribution is 2.27. The summed E-state index contributed by atoms with van der Waals surface area (Å²) in [7, 11) is 0. The number of nitrogens with one attached hydrogen (secondary N) is 1. The highest BCUT2D eigenvalue weighted by Gasteiger charge is 2.18. The predicted molar refractivity (Wildman–Crippen MR) is 89.4 cm³/mol. The molecule has 0 amide bonds. The van der Waals surface area contributed by atoms with Gasteiger partial charge in [0.1, 0.15) is 0 Å². The lowest BCUT2D eigenvalue weighted by molar-refractivity contribution is 0.360. The van der Waals surface area contributed by atoms with Crippen LogP contribution in [0.5, 0.6) is 0 Å². The topological polar surface area (TPSA) is 51.0 Å². The molecule has 3 rings (SSSR count). The van der Waals surface area contributed by atoms with Crippen molar-refractivity contribution in [1.29, 1.82) is 0 Å². The minimum Gasteiger partial charge on any atom is -0.334 e. The van der Waals surface area contributed by atoms with Crippen LogP contribution in [0.25, 0.3) is 11.5 Å². The highest BCUT2D eigenvalue weighted by atomic mass is 127. The summed E-state index contributed by atoms with van der Waals surface area (Å²) in [5.41, 5.74) is 0.987. The van der Waals surface area contributed by atoms with Crippen molar-refractivity contribution in [2.45, 2.75) is 19.3 Å². The maximum absolute atomic E-state index is 5.42. The molecular formula is C14H15BrIN3O. The number of nitrogens with zero attached hydrogens (tertiary/aromatic N) is 2. The molecule has 0 aliphatic carbocycles. The van der Waals surface area contributed by atoms with E-state index in [4.69, 9.17) is 4.52 Å². The molecule has 1 N–H and O–H groups in total. The average molecular weight is 448 g/mol. The maximum Gasteiger partial charge on any atom is 0.259 e. The second-order valence-electron chi connectivity index (χ2n) is 5.06. The molecule has 1 aliphatic rings. The van der Waals surface area contributed by atoms with E-state index in [1.165, 1.54) is 12.8 Å². The van der Waals surface area contributed by atoms with E-state index in [1.54, 1.807) is 0 Å². The van der Waals surface area contributed by atoms with Crippen LogP contribution in [-0.2, 0) is 6.42 Å². The number of hydrogen-bond acceptors (Lipinski definition) is 4. The van der Waals surface area contributed by atoms with Crippen molar-refractivity contribution in [3.8, 4) is 11.5 Å². The van der Waals surface area contributed by atoms with E-state index in [1.807, 2.05) is 18.2 Å². The number of aromatic nitrogens is 2. The summed E-state index contributed by atoms with van der Waals surface area (Å²) in [6.45, 7) is 2.18. The maximum atomic E-state index is 5.42. The molecule has 1 saturated heterocycles. The zero-order valence-corrected chi connectivity index (χ0v) is 14.6. The van der Waals surface area contributed by atoms with E-state index in [9.17, 15) is 0 Å². The smallest absolute Gasteiger partial charge is 0.259 e. The summed E-state index contributed by atoms with van der Waals surface area (Å²) < 4.78 is 7.55. The second kappa shape index (κ2) is 6.53. The van der Waals surface area contributed by atoms with E-state index in [0.29, 0.717) is 11.8 Å². The fourth-order valence-corrected chi connectivity index (χ4v) is 3.39. The van der Waals surface area contributed by atoms with Crippen LogP contribution in [-0.4, -0.2) is 23.2 Å². The molecule has 106 valence electrons. The Morgan fingerprint density at radius 3 is 3.15 bits per heavy atom. The number of rotatable bonds is 3. The van der Waals surface area contributed by atoms with Gasteiger partial charge in [0.2, 0.25) is 0 Å². The quantitative estimate of drug-likeness (QED) is 0.729. The van der Waals surface area contributed by atoms with Crippen molar-refractivity contribution in [3.05, 3.63) is 32.1 Å². The Balaban J connectivity index is 1.77. The summed E-state index contributed by atoms with van der Waals surface area (Å²) in [5.74, 6) is 2.04. The SMILES string of the molecule is Brc1ccc(I)c(-c2nc(CC3CCCNC3)no2)c1. The van der Waals surface area contributed by atoms with Gasteiger partial charge in [0, 0.05) is 14.5 Å². The van der Waals surface area contributed by atoms with Gasteiger partial charge in [-0.05, 0) is 72.6 Å². The first kappa shape index (κ1) is 14.5. The van der Waals surface area contributed by atoms with Crippen molar-refractivity contribution in [2.75, 3.05) is 13.1 Å². The summed E-state index contributed by atoms with van der Waals surface area (Å²) in [4.78, 5) is 4.55. The molecule has 1 aliphatic heterocycles. The molecule has 2 aromatic rings. The van der Waals surface area contributed by atoms with Crippen LogP contribution in [0.15, 0.2) is 27.2 Å².